The van der Waals surface area contributed by atoms with Gasteiger partial charge in [0.25, 0.3) is 0 Å². The Morgan fingerprint density at radius 2 is 0.872 bits per heavy atom. The second-order valence-corrected chi connectivity index (χ2v) is 18.5. The van der Waals surface area contributed by atoms with Crippen molar-refractivity contribution in [1.82, 2.24) is 0 Å². The van der Waals surface area contributed by atoms with Gasteiger partial charge in [-0.2, -0.15) is 0 Å². The minimum atomic E-state index is 0.550. The van der Waals surface area contributed by atoms with Crippen LogP contribution in [0, 0.1) is 0 Å². The molecular formula is C32H48Br2N4Pd. The molecule has 0 radical (unpaired) electrons. The van der Waals surface area contributed by atoms with Crippen molar-refractivity contribution >= 4 is 50.9 Å². The summed E-state index contributed by atoms with van der Waals surface area (Å²) in [4.78, 5) is 13.6. The zero-order valence-electron chi connectivity index (χ0n) is 25.0. The van der Waals surface area contributed by atoms with E-state index in [1.54, 1.807) is 0 Å². The van der Waals surface area contributed by atoms with Gasteiger partial charge in [0.15, 0.2) is 0 Å². The van der Waals surface area contributed by atoms with E-state index in [4.69, 9.17) is 0 Å². The Labute approximate surface area is 259 Å². The molecule has 2 aliphatic rings. The molecule has 2 heterocycles. The zero-order valence-corrected chi connectivity index (χ0v) is 29.8. The summed E-state index contributed by atoms with van der Waals surface area (Å²) < 4.78 is 0. The van der Waals surface area contributed by atoms with Crippen LogP contribution in [0.5, 0.6) is 0 Å². The molecule has 0 saturated heterocycles. The molecule has 0 unspecified atom stereocenters. The van der Waals surface area contributed by atoms with Crippen LogP contribution < -0.4 is 9.80 Å². The van der Waals surface area contributed by atoms with E-state index in [1.165, 1.54) is 33.6 Å². The number of rotatable bonds is 6. The summed E-state index contributed by atoms with van der Waals surface area (Å²) in [6, 6.07) is 13.4. The first kappa shape index (κ1) is 34.2. The van der Waals surface area contributed by atoms with Gasteiger partial charge in [-0.05, 0) is 58.8 Å². The van der Waals surface area contributed by atoms with Crippen molar-refractivity contribution in [1.29, 1.82) is 0 Å². The summed E-state index contributed by atoms with van der Waals surface area (Å²) >= 11 is 6.80. The van der Waals surface area contributed by atoms with E-state index in [1.807, 2.05) is 12.7 Å². The first-order valence-corrected chi connectivity index (χ1v) is 21.4. The van der Waals surface area contributed by atoms with E-state index >= 15 is 0 Å². The Morgan fingerprint density at radius 1 is 0.590 bits per heavy atom. The van der Waals surface area contributed by atoms with Crippen molar-refractivity contribution in [3.63, 3.8) is 0 Å². The zero-order chi connectivity index (χ0) is 28.9. The molecule has 2 aromatic rings. The number of para-hydroxylation sites is 2. The fourth-order valence-corrected chi connectivity index (χ4v) is 5.12. The van der Waals surface area contributed by atoms with Crippen LogP contribution in [0.15, 0.2) is 46.4 Å². The van der Waals surface area contributed by atoms with E-state index in [9.17, 15) is 0 Å². The number of halogens is 2. The van der Waals surface area contributed by atoms with Gasteiger partial charge in [-0.1, -0.05) is 91.8 Å². The topological polar surface area (TPSA) is 31.2 Å². The van der Waals surface area contributed by atoms with Crippen LogP contribution in [-0.4, -0.2) is 38.9 Å². The van der Waals surface area contributed by atoms with Gasteiger partial charge in [-0.3, -0.25) is 9.98 Å². The molecule has 2 aliphatic heterocycles. The Hall–Kier alpha value is -0.998. The molecule has 0 aliphatic carbocycles. The van der Waals surface area contributed by atoms with Crippen molar-refractivity contribution < 1.29 is 13.9 Å². The summed E-state index contributed by atoms with van der Waals surface area (Å²) in [5.74, 6) is 2.20. The van der Waals surface area contributed by atoms with Gasteiger partial charge < -0.3 is 9.80 Å². The molecule has 2 aromatic carbocycles. The summed E-state index contributed by atoms with van der Waals surface area (Å²) in [7, 11) is 0. The average Bonchev–Trinajstić information content (AvgIpc) is 2.93. The Kier molecular flexibility index (Phi) is 15.6. The third-order valence-corrected chi connectivity index (χ3v) is 7.07. The van der Waals surface area contributed by atoms with E-state index in [0.717, 1.165) is 39.0 Å². The van der Waals surface area contributed by atoms with Crippen LogP contribution in [0.3, 0.4) is 0 Å². The van der Waals surface area contributed by atoms with Crippen LogP contribution in [-0.2, 0) is 13.9 Å². The number of nitrogens with zero attached hydrogens (tertiary/aromatic N) is 4. The SMILES string of the molecule is CC(C)c1cccc(C(C)C)c1N1C=NCCC1.CC(C)c1cccc(C(C)C)c1N1C=NCCC1.[Br][Pd][Br]. The maximum atomic E-state index is 4.44. The predicted octanol–water partition coefficient (Wildman–Crippen LogP) is 10.0. The predicted molar refractivity (Wildman–Crippen MR) is 178 cm³/mol. The molecule has 0 fully saturated rings. The number of anilines is 2. The first-order valence-electron chi connectivity index (χ1n) is 14.2. The quantitative estimate of drug-likeness (QED) is 0.275. The van der Waals surface area contributed by atoms with E-state index in [-0.39, 0.29) is 0 Å². The molecule has 4 rings (SSSR count). The third-order valence-electron chi connectivity index (χ3n) is 7.07. The third kappa shape index (κ3) is 10.1. The maximum absolute atomic E-state index is 4.44. The monoisotopic (exact) mass is 752 g/mol. The molecule has 0 N–H and O–H groups in total. The van der Waals surface area contributed by atoms with Crippen LogP contribution in [0.25, 0.3) is 0 Å². The Bertz CT molecular complexity index is 930. The van der Waals surface area contributed by atoms with Gasteiger partial charge in [-0.15, -0.1) is 0 Å². The molecule has 0 spiro atoms. The molecule has 0 bridgehead atoms. The second-order valence-electron chi connectivity index (χ2n) is 11.4. The molecule has 220 valence electrons. The van der Waals surface area contributed by atoms with Crippen LogP contribution >= 0.6 is 26.9 Å². The molecule has 0 saturated carbocycles. The van der Waals surface area contributed by atoms with Gasteiger partial charge in [0.05, 0.1) is 12.7 Å². The van der Waals surface area contributed by atoms with E-state index in [2.05, 4.69) is 138 Å². The van der Waals surface area contributed by atoms with Gasteiger partial charge in [0, 0.05) is 37.6 Å². The second kappa shape index (κ2) is 17.7. The van der Waals surface area contributed by atoms with Crippen molar-refractivity contribution in [2.45, 2.75) is 91.9 Å². The summed E-state index contributed by atoms with van der Waals surface area (Å²) in [6.07, 6.45) is 6.36. The van der Waals surface area contributed by atoms with Crippen molar-refractivity contribution in [3.05, 3.63) is 58.7 Å². The Balaban J connectivity index is 0.000000249. The number of hydrogen-bond donors (Lipinski definition) is 0. The van der Waals surface area contributed by atoms with Crippen molar-refractivity contribution in [2.24, 2.45) is 9.98 Å². The molecule has 0 atom stereocenters. The van der Waals surface area contributed by atoms with Crippen molar-refractivity contribution in [2.75, 3.05) is 36.0 Å². The van der Waals surface area contributed by atoms with Crippen LogP contribution in [0.4, 0.5) is 11.4 Å². The minimum absolute atomic E-state index is 0.550. The number of aliphatic imine (C=N–C) groups is 2. The van der Waals surface area contributed by atoms with E-state index < -0.39 is 0 Å². The standard InChI is InChI=1S/2C16H24N2.2BrH.Pd/c2*1-12(2)14-7-5-8-15(13(3)4)16(14)18-10-6-9-17-11-18;;;/h2*5,7-8,11-13H,6,9-10H2,1-4H3;2*1H;/q;;;;+2/p-2. The fourth-order valence-electron chi connectivity index (χ4n) is 5.12. The van der Waals surface area contributed by atoms with Crippen LogP contribution in [0.1, 0.15) is 114 Å². The molecular weight excluding hydrogens is 707 g/mol. The molecule has 39 heavy (non-hydrogen) atoms. The van der Waals surface area contributed by atoms with Gasteiger partial charge in [0.2, 0.25) is 0 Å². The number of hydrogen-bond acceptors (Lipinski definition) is 4. The van der Waals surface area contributed by atoms with Gasteiger partial charge in [0.1, 0.15) is 0 Å². The number of benzene rings is 2. The van der Waals surface area contributed by atoms with Crippen LogP contribution in [0.2, 0.25) is 0 Å². The van der Waals surface area contributed by atoms with E-state index in [0.29, 0.717) is 37.6 Å². The van der Waals surface area contributed by atoms with Gasteiger partial charge >= 0.3 is 40.8 Å². The molecule has 0 aromatic heterocycles. The van der Waals surface area contributed by atoms with Crippen molar-refractivity contribution in [3.8, 4) is 0 Å². The fraction of sp³-hybridized carbons (Fsp3) is 0.562. The summed E-state index contributed by atoms with van der Waals surface area (Å²) in [5.41, 5.74) is 8.55. The summed E-state index contributed by atoms with van der Waals surface area (Å²) in [5, 5.41) is 0. The van der Waals surface area contributed by atoms with Gasteiger partial charge in [-0.25, -0.2) is 0 Å². The molecule has 0 amide bonds. The molecule has 4 nitrogen and oxygen atoms in total. The summed E-state index contributed by atoms with van der Waals surface area (Å²) in [6.45, 7) is 22.3. The normalized spacial score (nSPS) is 15.1. The Morgan fingerprint density at radius 3 is 1.08 bits per heavy atom. The average molecular weight is 755 g/mol. The molecule has 7 heteroatoms. The first-order chi connectivity index (χ1) is 18.6.